The van der Waals surface area contributed by atoms with Crippen LogP contribution in [0.3, 0.4) is 0 Å². The Labute approximate surface area is 112 Å². The highest BCUT2D eigenvalue weighted by atomic mass is 127. The van der Waals surface area contributed by atoms with Gasteiger partial charge in [-0.05, 0) is 53.6 Å². The van der Waals surface area contributed by atoms with Gasteiger partial charge in [0.2, 0.25) is 0 Å². The molecule has 2 aromatic carbocycles. The van der Waals surface area contributed by atoms with E-state index >= 15 is 0 Å². The first-order valence-electron chi connectivity index (χ1n) is 5.48. The molecule has 0 aliphatic carbocycles. The molecule has 0 fully saturated rings. The second-order valence-electron chi connectivity index (χ2n) is 3.63. The Morgan fingerprint density at radius 2 is 1.44 bits per heavy atom. The first kappa shape index (κ1) is 13.2. The van der Waals surface area contributed by atoms with Crippen molar-refractivity contribution in [3.63, 3.8) is 0 Å². The predicted octanol–water partition coefficient (Wildman–Crippen LogP) is 4.85. The van der Waals surface area contributed by atoms with Crippen LogP contribution in [0.4, 0.5) is 0 Å². The SMILES string of the molecule is CCc1ccc(I)cc1.Cc1ccccc1. The third-order valence-corrected chi connectivity index (χ3v) is 2.98. The van der Waals surface area contributed by atoms with E-state index in [9.17, 15) is 0 Å². The molecular formula is C15H17I. The molecule has 0 saturated heterocycles. The van der Waals surface area contributed by atoms with Gasteiger partial charge in [0.15, 0.2) is 0 Å². The van der Waals surface area contributed by atoms with Crippen LogP contribution in [-0.4, -0.2) is 0 Å². The van der Waals surface area contributed by atoms with E-state index in [1.54, 1.807) is 0 Å². The molecule has 0 N–H and O–H groups in total. The monoisotopic (exact) mass is 324 g/mol. The first-order chi connectivity index (χ1) is 7.72. The van der Waals surface area contributed by atoms with Crippen molar-refractivity contribution in [2.24, 2.45) is 0 Å². The lowest BCUT2D eigenvalue weighted by Gasteiger charge is -1.93. The molecule has 0 nitrogen and oxygen atoms in total. The maximum Gasteiger partial charge on any atom is 0.0130 e. The summed E-state index contributed by atoms with van der Waals surface area (Å²) in [6, 6.07) is 18.9. The second kappa shape index (κ2) is 7.44. The van der Waals surface area contributed by atoms with Crippen LogP contribution in [0.15, 0.2) is 54.6 Å². The molecule has 0 saturated carbocycles. The predicted molar refractivity (Wildman–Crippen MR) is 79.7 cm³/mol. The molecule has 1 heteroatoms. The molecule has 0 spiro atoms. The van der Waals surface area contributed by atoms with Crippen LogP contribution in [-0.2, 0) is 6.42 Å². The van der Waals surface area contributed by atoms with Gasteiger partial charge in [0.05, 0.1) is 0 Å². The number of hydrogen-bond donors (Lipinski definition) is 0. The lowest BCUT2D eigenvalue weighted by Crippen LogP contribution is -1.77. The summed E-state index contributed by atoms with van der Waals surface area (Å²) in [4.78, 5) is 0. The van der Waals surface area contributed by atoms with Gasteiger partial charge in [0, 0.05) is 3.57 Å². The Kier molecular flexibility index (Phi) is 6.16. The summed E-state index contributed by atoms with van der Waals surface area (Å²) in [6.45, 7) is 4.25. The highest BCUT2D eigenvalue weighted by molar-refractivity contribution is 14.1. The molecule has 2 aromatic rings. The van der Waals surface area contributed by atoms with E-state index in [1.165, 1.54) is 14.7 Å². The van der Waals surface area contributed by atoms with Gasteiger partial charge in [-0.2, -0.15) is 0 Å². The maximum atomic E-state index is 2.31. The van der Waals surface area contributed by atoms with Crippen molar-refractivity contribution in [2.45, 2.75) is 20.3 Å². The van der Waals surface area contributed by atoms with Crippen molar-refractivity contribution in [2.75, 3.05) is 0 Å². The third kappa shape index (κ3) is 5.31. The average molecular weight is 324 g/mol. The van der Waals surface area contributed by atoms with E-state index in [0.717, 1.165) is 6.42 Å². The van der Waals surface area contributed by atoms with Gasteiger partial charge in [0.1, 0.15) is 0 Å². The van der Waals surface area contributed by atoms with E-state index in [2.05, 4.69) is 72.8 Å². The zero-order valence-corrected chi connectivity index (χ0v) is 11.9. The molecule has 0 amide bonds. The number of aryl methyl sites for hydroxylation is 2. The Morgan fingerprint density at radius 1 is 0.875 bits per heavy atom. The molecule has 0 aliphatic heterocycles. The molecule has 0 aliphatic rings. The van der Waals surface area contributed by atoms with Crippen molar-refractivity contribution in [1.82, 2.24) is 0 Å². The van der Waals surface area contributed by atoms with Crippen LogP contribution >= 0.6 is 22.6 Å². The minimum atomic E-state index is 1.14. The van der Waals surface area contributed by atoms with Crippen LogP contribution in [0.5, 0.6) is 0 Å². The summed E-state index contributed by atoms with van der Waals surface area (Å²) in [7, 11) is 0. The quantitative estimate of drug-likeness (QED) is 0.658. The van der Waals surface area contributed by atoms with Crippen LogP contribution < -0.4 is 0 Å². The fraction of sp³-hybridized carbons (Fsp3) is 0.200. The summed E-state index contributed by atoms with van der Waals surface area (Å²) < 4.78 is 1.31. The zero-order chi connectivity index (χ0) is 11.8. The highest BCUT2D eigenvalue weighted by Crippen LogP contribution is 2.06. The van der Waals surface area contributed by atoms with E-state index < -0.39 is 0 Å². The van der Waals surface area contributed by atoms with E-state index in [-0.39, 0.29) is 0 Å². The molecule has 0 unspecified atom stereocenters. The fourth-order valence-corrected chi connectivity index (χ4v) is 1.61. The Bertz CT molecular complexity index is 390. The first-order valence-corrected chi connectivity index (χ1v) is 6.56. The number of benzene rings is 2. The summed E-state index contributed by atoms with van der Waals surface area (Å²) in [6.07, 6.45) is 1.14. The van der Waals surface area contributed by atoms with Crippen molar-refractivity contribution in [1.29, 1.82) is 0 Å². The van der Waals surface area contributed by atoms with Gasteiger partial charge in [-0.1, -0.05) is 55.0 Å². The lowest BCUT2D eigenvalue weighted by molar-refractivity contribution is 1.14. The van der Waals surface area contributed by atoms with Crippen LogP contribution in [0.25, 0.3) is 0 Å². The smallest absolute Gasteiger partial charge is 0.0130 e. The lowest BCUT2D eigenvalue weighted by atomic mass is 10.2. The molecule has 0 atom stereocenters. The van der Waals surface area contributed by atoms with Crippen molar-refractivity contribution in [3.05, 3.63) is 69.3 Å². The molecule has 2 rings (SSSR count). The molecule has 0 aromatic heterocycles. The third-order valence-electron chi connectivity index (χ3n) is 2.26. The number of halogens is 1. The molecular weight excluding hydrogens is 307 g/mol. The van der Waals surface area contributed by atoms with E-state index in [0.29, 0.717) is 0 Å². The molecule has 0 radical (unpaired) electrons. The number of hydrogen-bond acceptors (Lipinski definition) is 0. The Hall–Kier alpha value is -0.830. The van der Waals surface area contributed by atoms with Crippen LogP contribution in [0.1, 0.15) is 18.1 Å². The van der Waals surface area contributed by atoms with Crippen LogP contribution in [0, 0.1) is 10.5 Å². The van der Waals surface area contributed by atoms with Crippen LogP contribution in [0.2, 0.25) is 0 Å². The largest absolute Gasteiger partial charge is 0.0622 e. The minimum absolute atomic E-state index is 1.14. The fourth-order valence-electron chi connectivity index (χ4n) is 1.25. The highest BCUT2D eigenvalue weighted by Gasteiger charge is 1.86. The van der Waals surface area contributed by atoms with Crippen molar-refractivity contribution in [3.8, 4) is 0 Å². The summed E-state index contributed by atoms with van der Waals surface area (Å²) in [5.41, 5.74) is 2.73. The normalized spacial score (nSPS) is 9.19. The van der Waals surface area contributed by atoms with Gasteiger partial charge >= 0.3 is 0 Å². The van der Waals surface area contributed by atoms with E-state index in [4.69, 9.17) is 0 Å². The van der Waals surface area contributed by atoms with Gasteiger partial charge in [-0.25, -0.2) is 0 Å². The molecule has 84 valence electrons. The Balaban J connectivity index is 0.000000165. The van der Waals surface area contributed by atoms with E-state index in [1.807, 2.05) is 18.2 Å². The van der Waals surface area contributed by atoms with Gasteiger partial charge in [0.25, 0.3) is 0 Å². The van der Waals surface area contributed by atoms with Crippen molar-refractivity contribution >= 4 is 22.6 Å². The minimum Gasteiger partial charge on any atom is -0.0622 e. The maximum absolute atomic E-state index is 2.31. The second-order valence-corrected chi connectivity index (χ2v) is 4.88. The van der Waals surface area contributed by atoms with Gasteiger partial charge in [-0.3, -0.25) is 0 Å². The zero-order valence-electron chi connectivity index (χ0n) is 9.78. The molecule has 0 bridgehead atoms. The Morgan fingerprint density at radius 3 is 1.81 bits per heavy atom. The molecule has 16 heavy (non-hydrogen) atoms. The summed E-state index contributed by atoms with van der Waals surface area (Å²) in [5, 5.41) is 0. The summed E-state index contributed by atoms with van der Waals surface area (Å²) >= 11 is 2.31. The topological polar surface area (TPSA) is 0 Å². The standard InChI is InChI=1S/C8H9I.C7H8/c1-2-7-3-5-8(9)6-4-7;1-7-5-3-2-4-6-7/h3-6H,2H2,1H3;2-6H,1H3. The summed E-state index contributed by atoms with van der Waals surface area (Å²) in [5.74, 6) is 0. The number of rotatable bonds is 1. The average Bonchev–Trinajstić information content (AvgIpc) is 2.32. The van der Waals surface area contributed by atoms with Crippen molar-refractivity contribution < 1.29 is 0 Å². The molecule has 0 heterocycles. The van der Waals surface area contributed by atoms with Gasteiger partial charge < -0.3 is 0 Å². The van der Waals surface area contributed by atoms with Gasteiger partial charge in [-0.15, -0.1) is 0 Å².